The van der Waals surface area contributed by atoms with Crippen LogP contribution in [0.4, 0.5) is 0 Å². The Bertz CT molecular complexity index is 812. The summed E-state index contributed by atoms with van der Waals surface area (Å²) < 4.78 is 7.22. The Balaban J connectivity index is 1.72. The number of ether oxygens (including phenoxy) is 1. The van der Waals surface area contributed by atoms with Crippen molar-refractivity contribution in [2.24, 2.45) is 0 Å². The second-order valence-corrected chi connectivity index (χ2v) is 8.45. The molecule has 1 saturated heterocycles. The summed E-state index contributed by atoms with van der Waals surface area (Å²) in [5, 5.41) is 12.9. The van der Waals surface area contributed by atoms with E-state index in [4.69, 9.17) is 16.3 Å². The van der Waals surface area contributed by atoms with Gasteiger partial charge in [0.2, 0.25) is 0 Å². The van der Waals surface area contributed by atoms with E-state index in [1.54, 1.807) is 11.3 Å². The van der Waals surface area contributed by atoms with Gasteiger partial charge in [0.15, 0.2) is 0 Å². The lowest BCUT2D eigenvalue weighted by Crippen LogP contribution is -2.49. The van der Waals surface area contributed by atoms with Gasteiger partial charge in [-0.2, -0.15) is 5.26 Å². The Kier molecular flexibility index (Phi) is 4.14. The van der Waals surface area contributed by atoms with E-state index in [1.165, 1.54) is 10.4 Å². The molecule has 0 bridgehead atoms. The number of rotatable bonds is 1. The van der Waals surface area contributed by atoms with Crippen LogP contribution in [0.25, 0.3) is 0 Å². The maximum atomic E-state index is 9.18. The number of nitriles is 1. The van der Waals surface area contributed by atoms with Gasteiger partial charge in [0.25, 0.3) is 0 Å². The summed E-state index contributed by atoms with van der Waals surface area (Å²) in [6.07, 6.45) is 2.76. The third-order valence-corrected chi connectivity index (χ3v) is 6.51. The van der Waals surface area contributed by atoms with Crippen molar-refractivity contribution in [1.29, 1.82) is 5.26 Å². The van der Waals surface area contributed by atoms with E-state index in [9.17, 15) is 5.26 Å². The maximum Gasteiger partial charge on any atom is 0.106 e. The molecule has 1 N–H and O–H groups in total. The summed E-state index contributed by atoms with van der Waals surface area (Å²) in [5.41, 5.74) is 2.93. The number of hydrogen-bond acceptors (Lipinski definition) is 4. The highest BCUT2D eigenvalue weighted by Crippen LogP contribution is 2.49. The first-order valence-electron chi connectivity index (χ1n) is 8.28. The zero-order chi connectivity index (χ0) is 16.7. The van der Waals surface area contributed by atoms with Crippen molar-refractivity contribution in [3.8, 4) is 6.07 Å². The first-order valence-corrected chi connectivity index (χ1v) is 9.48. The van der Waals surface area contributed by atoms with Crippen LogP contribution in [0, 0.1) is 11.3 Å². The van der Waals surface area contributed by atoms with E-state index in [-0.39, 0.29) is 11.6 Å². The number of fused-ring (bicyclic) bond motifs is 2. The molecular formula is C19H19ClN2OS. The van der Waals surface area contributed by atoms with Crippen LogP contribution < -0.4 is 5.32 Å². The van der Waals surface area contributed by atoms with Crippen LogP contribution in [0.5, 0.6) is 0 Å². The molecule has 1 fully saturated rings. The van der Waals surface area contributed by atoms with Gasteiger partial charge in [-0.1, -0.05) is 23.7 Å². The molecule has 0 radical (unpaired) electrons. The first kappa shape index (κ1) is 16.1. The van der Waals surface area contributed by atoms with Gasteiger partial charge in [-0.25, -0.2) is 0 Å². The Morgan fingerprint density at radius 1 is 1.38 bits per heavy atom. The standard InChI is InChI=1S/C19H19ClN2OS/c1-12-9-19(18-15(5-6-23-19)8-17(20)24-18)10-16(22-12)14-4-2-3-13(7-14)11-21/h2-4,7-8,12,16,22H,5-6,9-10H2,1H3. The fraction of sp³-hybridized carbons (Fsp3) is 0.421. The van der Waals surface area contributed by atoms with Crippen LogP contribution in [-0.4, -0.2) is 12.6 Å². The van der Waals surface area contributed by atoms with Crippen LogP contribution in [0.2, 0.25) is 4.34 Å². The van der Waals surface area contributed by atoms with Crippen molar-refractivity contribution in [1.82, 2.24) is 5.32 Å². The summed E-state index contributed by atoms with van der Waals surface area (Å²) in [4.78, 5) is 1.30. The van der Waals surface area contributed by atoms with E-state index in [1.807, 2.05) is 18.2 Å². The molecular weight excluding hydrogens is 340 g/mol. The fourth-order valence-electron chi connectivity index (χ4n) is 4.10. The average Bonchev–Trinajstić information content (AvgIpc) is 2.96. The van der Waals surface area contributed by atoms with Crippen LogP contribution >= 0.6 is 22.9 Å². The third-order valence-electron chi connectivity index (χ3n) is 5.02. The molecule has 5 heteroatoms. The topological polar surface area (TPSA) is 45.0 Å². The molecule has 3 atom stereocenters. The van der Waals surface area contributed by atoms with Crippen molar-refractivity contribution in [3.05, 3.63) is 56.2 Å². The van der Waals surface area contributed by atoms with Crippen molar-refractivity contribution in [3.63, 3.8) is 0 Å². The number of halogens is 1. The van der Waals surface area contributed by atoms with Gasteiger partial charge in [-0.15, -0.1) is 11.3 Å². The van der Waals surface area contributed by atoms with Crippen molar-refractivity contribution in [2.45, 2.75) is 43.9 Å². The van der Waals surface area contributed by atoms with Crippen molar-refractivity contribution >= 4 is 22.9 Å². The Labute approximate surface area is 151 Å². The summed E-state index contributed by atoms with van der Waals surface area (Å²) in [7, 11) is 0. The van der Waals surface area contributed by atoms with Crippen molar-refractivity contribution in [2.75, 3.05) is 6.61 Å². The minimum Gasteiger partial charge on any atom is -0.369 e. The van der Waals surface area contributed by atoms with Gasteiger partial charge in [0.1, 0.15) is 5.60 Å². The molecule has 1 aromatic carbocycles. The lowest BCUT2D eigenvalue weighted by molar-refractivity contribution is -0.0954. The highest BCUT2D eigenvalue weighted by atomic mass is 35.5. The lowest BCUT2D eigenvalue weighted by Gasteiger charge is -2.46. The van der Waals surface area contributed by atoms with Gasteiger partial charge >= 0.3 is 0 Å². The van der Waals surface area contributed by atoms with Gasteiger partial charge < -0.3 is 10.1 Å². The molecule has 3 unspecified atom stereocenters. The fourth-order valence-corrected chi connectivity index (χ4v) is 5.56. The number of piperidine rings is 1. The van der Waals surface area contributed by atoms with E-state index in [0.717, 1.165) is 35.8 Å². The SMILES string of the molecule is CC1CC2(CC(c3cccc(C#N)c3)N1)OCCc1cc(Cl)sc12. The number of nitrogens with zero attached hydrogens (tertiary/aromatic N) is 1. The summed E-state index contributed by atoms with van der Waals surface area (Å²) in [6.45, 7) is 2.95. The minimum absolute atomic E-state index is 0.175. The molecule has 0 aliphatic carbocycles. The molecule has 3 nitrogen and oxygen atoms in total. The molecule has 124 valence electrons. The Hall–Kier alpha value is -1.38. The first-order chi connectivity index (χ1) is 11.6. The number of nitrogens with one attached hydrogen (secondary N) is 1. The zero-order valence-corrected chi connectivity index (χ0v) is 15.1. The smallest absolute Gasteiger partial charge is 0.106 e. The molecule has 3 heterocycles. The van der Waals surface area contributed by atoms with Crippen LogP contribution in [0.15, 0.2) is 30.3 Å². The van der Waals surface area contributed by atoms with Gasteiger partial charge in [-0.3, -0.25) is 0 Å². The summed E-state index contributed by atoms with van der Waals surface area (Å²) in [6, 6.07) is 12.7. The molecule has 1 aromatic heterocycles. The lowest BCUT2D eigenvalue weighted by atomic mass is 9.78. The second kappa shape index (κ2) is 6.16. The number of hydrogen-bond donors (Lipinski definition) is 1. The molecule has 4 rings (SSSR count). The molecule has 0 amide bonds. The van der Waals surface area contributed by atoms with Crippen LogP contribution in [0.3, 0.4) is 0 Å². The normalized spacial score (nSPS) is 29.2. The Morgan fingerprint density at radius 2 is 2.25 bits per heavy atom. The third kappa shape index (κ3) is 2.76. The molecule has 2 aliphatic rings. The maximum absolute atomic E-state index is 9.18. The highest BCUT2D eigenvalue weighted by Gasteiger charge is 2.46. The molecule has 0 saturated carbocycles. The largest absolute Gasteiger partial charge is 0.369 e. The van der Waals surface area contributed by atoms with Crippen LogP contribution in [-0.2, 0) is 16.8 Å². The van der Waals surface area contributed by atoms with Crippen LogP contribution in [0.1, 0.15) is 47.4 Å². The number of benzene rings is 1. The zero-order valence-electron chi connectivity index (χ0n) is 13.5. The van der Waals surface area contributed by atoms with E-state index >= 15 is 0 Å². The van der Waals surface area contributed by atoms with Crippen molar-refractivity contribution < 1.29 is 4.74 Å². The Morgan fingerprint density at radius 3 is 3.08 bits per heavy atom. The molecule has 24 heavy (non-hydrogen) atoms. The summed E-state index contributed by atoms with van der Waals surface area (Å²) in [5.74, 6) is 0. The van der Waals surface area contributed by atoms with E-state index < -0.39 is 0 Å². The van der Waals surface area contributed by atoms with Gasteiger partial charge in [-0.05, 0) is 49.1 Å². The minimum atomic E-state index is -0.261. The van der Waals surface area contributed by atoms with E-state index in [2.05, 4.69) is 30.4 Å². The van der Waals surface area contributed by atoms with Gasteiger partial charge in [0.05, 0.1) is 22.6 Å². The second-order valence-electron chi connectivity index (χ2n) is 6.76. The number of thiophene rings is 1. The van der Waals surface area contributed by atoms with Gasteiger partial charge in [0, 0.05) is 23.4 Å². The predicted octanol–water partition coefficient (Wildman–Crippen LogP) is 4.55. The monoisotopic (exact) mass is 358 g/mol. The molecule has 2 aromatic rings. The quantitative estimate of drug-likeness (QED) is 0.813. The molecule has 2 aliphatic heterocycles. The average molecular weight is 359 g/mol. The molecule has 1 spiro atoms. The van der Waals surface area contributed by atoms with E-state index in [0.29, 0.717) is 11.6 Å². The highest BCUT2D eigenvalue weighted by molar-refractivity contribution is 7.16. The summed E-state index contributed by atoms with van der Waals surface area (Å²) >= 11 is 7.96. The predicted molar refractivity (Wildman–Crippen MR) is 96.4 cm³/mol.